The molecule has 4 nitrogen and oxygen atoms in total. The maximum absolute atomic E-state index is 12.9. The SMILES string of the molecule is CC1=C(C(=O)c2ccc(Cl)cc2)[C@@H](c2ccc(C)s2)NC(=O)N1. The molecule has 1 atom stereocenters. The molecule has 3 rings (SSSR count). The topological polar surface area (TPSA) is 58.2 Å². The smallest absolute Gasteiger partial charge is 0.319 e. The van der Waals surface area contributed by atoms with Crippen LogP contribution in [0.4, 0.5) is 4.79 Å². The van der Waals surface area contributed by atoms with Crippen molar-refractivity contribution in [1.29, 1.82) is 0 Å². The number of hydrogen-bond acceptors (Lipinski definition) is 3. The Morgan fingerprint density at radius 2 is 1.83 bits per heavy atom. The van der Waals surface area contributed by atoms with Gasteiger partial charge in [0.05, 0.1) is 6.04 Å². The highest BCUT2D eigenvalue weighted by Crippen LogP contribution is 2.33. The van der Waals surface area contributed by atoms with Crippen LogP contribution in [-0.2, 0) is 0 Å². The molecule has 1 aliphatic rings. The summed E-state index contributed by atoms with van der Waals surface area (Å²) in [4.78, 5) is 26.8. The number of urea groups is 1. The summed E-state index contributed by atoms with van der Waals surface area (Å²) in [5.41, 5.74) is 1.67. The number of benzene rings is 1. The molecule has 118 valence electrons. The molecule has 0 saturated carbocycles. The third-order valence-electron chi connectivity index (χ3n) is 3.67. The van der Waals surface area contributed by atoms with Gasteiger partial charge in [-0.05, 0) is 50.2 Å². The van der Waals surface area contributed by atoms with Crippen molar-refractivity contribution in [2.75, 3.05) is 0 Å². The Balaban J connectivity index is 2.04. The molecule has 6 heteroatoms. The van der Waals surface area contributed by atoms with Crippen LogP contribution in [0.25, 0.3) is 0 Å². The van der Waals surface area contributed by atoms with Crippen LogP contribution in [0.1, 0.15) is 33.1 Å². The van der Waals surface area contributed by atoms with Crippen molar-refractivity contribution in [3.8, 4) is 0 Å². The summed E-state index contributed by atoms with van der Waals surface area (Å²) in [6.07, 6.45) is 0. The first-order chi connectivity index (χ1) is 11.0. The van der Waals surface area contributed by atoms with Crippen LogP contribution in [0.5, 0.6) is 0 Å². The third kappa shape index (κ3) is 3.16. The lowest BCUT2D eigenvalue weighted by Gasteiger charge is -2.27. The average molecular weight is 347 g/mol. The summed E-state index contributed by atoms with van der Waals surface area (Å²) in [5, 5.41) is 6.11. The normalized spacial score (nSPS) is 17.7. The van der Waals surface area contributed by atoms with E-state index in [2.05, 4.69) is 10.6 Å². The first-order valence-electron chi connectivity index (χ1n) is 7.10. The Kier molecular flexibility index (Phi) is 4.24. The van der Waals surface area contributed by atoms with E-state index in [0.29, 0.717) is 21.9 Å². The van der Waals surface area contributed by atoms with Crippen molar-refractivity contribution >= 4 is 34.8 Å². The minimum Gasteiger partial charge on any atom is -0.326 e. The lowest BCUT2D eigenvalue weighted by Crippen LogP contribution is -2.44. The highest BCUT2D eigenvalue weighted by atomic mass is 35.5. The summed E-state index contributed by atoms with van der Waals surface area (Å²) in [7, 11) is 0. The Morgan fingerprint density at radius 1 is 1.13 bits per heavy atom. The Bertz CT molecular complexity index is 808. The second kappa shape index (κ2) is 6.18. The van der Waals surface area contributed by atoms with E-state index in [-0.39, 0.29) is 11.8 Å². The lowest BCUT2D eigenvalue weighted by molar-refractivity contribution is 0.102. The number of rotatable bonds is 3. The van der Waals surface area contributed by atoms with Crippen LogP contribution < -0.4 is 10.6 Å². The van der Waals surface area contributed by atoms with Crippen molar-refractivity contribution in [2.45, 2.75) is 19.9 Å². The molecule has 1 aromatic carbocycles. The van der Waals surface area contributed by atoms with E-state index in [9.17, 15) is 9.59 Å². The van der Waals surface area contributed by atoms with E-state index in [4.69, 9.17) is 11.6 Å². The van der Waals surface area contributed by atoms with E-state index < -0.39 is 6.04 Å². The minimum atomic E-state index is -0.439. The molecule has 0 radical (unpaired) electrons. The standard InChI is InChI=1S/C17H15ClN2O2S/c1-9-3-8-13(23-9)15-14(10(2)19-17(22)20-15)16(21)11-4-6-12(18)7-5-11/h3-8,15H,1-2H3,(H2,19,20,22)/t15-/m1/s1. The van der Waals surface area contributed by atoms with Gasteiger partial charge >= 0.3 is 6.03 Å². The number of thiophene rings is 1. The molecule has 1 aliphatic heterocycles. The summed E-state index contributed by atoms with van der Waals surface area (Å²) in [6.45, 7) is 3.74. The molecule has 0 spiro atoms. The number of amides is 2. The number of allylic oxidation sites excluding steroid dienone is 1. The molecule has 0 bridgehead atoms. The molecular formula is C17H15ClN2O2S. The molecule has 0 unspecified atom stereocenters. The van der Waals surface area contributed by atoms with E-state index in [0.717, 1.165) is 9.75 Å². The molecule has 1 aromatic heterocycles. The Morgan fingerprint density at radius 3 is 2.43 bits per heavy atom. The lowest BCUT2D eigenvalue weighted by atomic mass is 9.93. The average Bonchev–Trinajstić information content (AvgIpc) is 2.93. The van der Waals surface area contributed by atoms with E-state index in [1.165, 1.54) is 0 Å². The Hall–Kier alpha value is -2.11. The third-order valence-corrected chi connectivity index (χ3v) is 4.98. The fourth-order valence-electron chi connectivity index (χ4n) is 2.57. The summed E-state index contributed by atoms with van der Waals surface area (Å²) in [5.74, 6) is -0.122. The van der Waals surface area contributed by atoms with Gasteiger partial charge in [-0.2, -0.15) is 0 Å². The molecule has 2 amide bonds. The van der Waals surface area contributed by atoms with Crippen LogP contribution in [0.15, 0.2) is 47.7 Å². The Labute approximate surface area is 143 Å². The predicted octanol–water partition coefficient (Wildman–Crippen LogP) is 4.22. The van der Waals surface area contributed by atoms with Gasteiger partial charge < -0.3 is 10.6 Å². The van der Waals surface area contributed by atoms with Crippen LogP contribution in [0.2, 0.25) is 5.02 Å². The van der Waals surface area contributed by atoms with Gasteiger partial charge in [-0.25, -0.2) is 4.79 Å². The first-order valence-corrected chi connectivity index (χ1v) is 8.30. The number of aryl methyl sites for hydroxylation is 1. The number of ketones is 1. The number of carbonyl (C=O) groups excluding carboxylic acids is 2. The zero-order valence-corrected chi connectivity index (χ0v) is 14.2. The van der Waals surface area contributed by atoms with Crippen molar-refractivity contribution in [2.24, 2.45) is 0 Å². The van der Waals surface area contributed by atoms with Gasteiger partial charge in [0.25, 0.3) is 0 Å². The van der Waals surface area contributed by atoms with Gasteiger partial charge in [0, 0.05) is 31.6 Å². The van der Waals surface area contributed by atoms with Gasteiger partial charge in [-0.3, -0.25) is 4.79 Å². The van der Waals surface area contributed by atoms with Crippen molar-refractivity contribution < 1.29 is 9.59 Å². The zero-order valence-electron chi connectivity index (χ0n) is 12.6. The zero-order chi connectivity index (χ0) is 16.6. The van der Waals surface area contributed by atoms with Crippen LogP contribution in [0, 0.1) is 6.92 Å². The molecule has 0 aliphatic carbocycles. The maximum Gasteiger partial charge on any atom is 0.319 e. The summed E-state index contributed by atoms with van der Waals surface area (Å²) < 4.78 is 0. The minimum absolute atomic E-state index is 0.122. The number of nitrogens with one attached hydrogen (secondary N) is 2. The van der Waals surface area contributed by atoms with Crippen LogP contribution in [-0.4, -0.2) is 11.8 Å². The number of halogens is 1. The molecule has 2 heterocycles. The predicted molar refractivity (Wildman–Crippen MR) is 91.9 cm³/mol. The first kappa shape index (κ1) is 15.8. The quantitative estimate of drug-likeness (QED) is 0.817. The fourth-order valence-corrected chi connectivity index (χ4v) is 3.64. The second-order valence-corrected chi connectivity index (χ2v) is 7.11. The molecule has 23 heavy (non-hydrogen) atoms. The number of carbonyl (C=O) groups is 2. The van der Waals surface area contributed by atoms with Crippen molar-refractivity contribution in [3.05, 3.63) is 68.0 Å². The van der Waals surface area contributed by atoms with Crippen LogP contribution in [0.3, 0.4) is 0 Å². The van der Waals surface area contributed by atoms with Gasteiger partial charge in [-0.1, -0.05) is 11.6 Å². The summed E-state index contributed by atoms with van der Waals surface area (Å²) in [6, 6.07) is 9.94. The van der Waals surface area contributed by atoms with Crippen LogP contribution >= 0.6 is 22.9 Å². The maximum atomic E-state index is 12.9. The number of Topliss-reactive ketones (excluding diaryl/α,β-unsaturated/α-hetero) is 1. The monoisotopic (exact) mass is 346 g/mol. The van der Waals surface area contributed by atoms with E-state index in [1.807, 2.05) is 19.1 Å². The molecule has 2 N–H and O–H groups in total. The fraction of sp³-hybridized carbons (Fsp3) is 0.176. The van der Waals surface area contributed by atoms with E-state index >= 15 is 0 Å². The largest absolute Gasteiger partial charge is 0.326 e. The molecule has 0 saturated heterocycles. The number of hydrogen-bond donors (Lipinski definition) is 2. The van der Waals surface area contributed by atoms with E-state index in [1.54, 1.807) is 42.5 Å². The van der Waals surface area contributed by atoms with Gasteiger partial charge in [0.2, 0.25) is 0 Å². The highest BCUT2D eigenvalue weighted by molar-refractivity contribution is 7.12. The second-order valence-electron chi connectivity index (χ2n) is 5.35. The van der Waals surface area contributed by atoms with Crippen molar-refractivity contribution in [1.82, 2.24) is 10.6 Å². The van der Waals surface area contributed by atoms with Gasteiger partial charge in [0.15, 0.2) is 5.78 Å². The van der Waals surface area contributed by atoms with Crippen molar-refractivity contribution in [3.63, 3.8) is 0 Å². The van der Waals surface area contributed by atoms with Gasteiger partial charge in [0.1, 0.15) is 0 Å². The molecular weight excluding hydrogens is 332 g/mol. The molecule has 0 fully saturated rings. The highest BCUT2D eigenvalue weighted by Gasteiger charge is 2.32. The molecule has 2 aromatic rings. The summed E-state index contributed by atoms with van der Waals surface area (Å²) >= 11 is 7.45. The van der Waals surface area contributed by atoms with Gasteiger partial charge in [-0.15, -0.1) is 11.3 Å².